The van der Waals surface area contributed by atoms with Gasteiger partial charge in [0.1, 0.15) is 0 Å². The number of hydrogen-bond donors (Lipinski definition) is 1. The molecule has 0 fully saturated rings. The van der Waals surface area contributed by atoms with Gasteiger partial charge in [0.2, 0.25) is 0 Å². The molecule has 0 aromatic rings. The molecule has 5 nitrogen and oxygen atoms in total. The molecule has 0 aliphatic rings. The third kappa shape index (κ3) is 9.09. The van der Waals surface area contributed by atoms with Gasteiger partial charge in [0.05, 0.1) is 13.2 Å². The first-order chi connectivity index (χ1) is 8.11. The minimum atomic E-state index is -0.724. The van der Waals surface area contributed by atoms with Crippen molar-refractivity contribution in [1.82, 2.24) is 4.90 Å². The number of carboxylic acids is 1. The van der Waals surface area contributed by atoms with Gasteiger partial charge in [-0.3, -0.25) is 9.69 Å². The zero-order valence-corrected chi connectivity index (χ0v) is 11.1. The predicted molar refractivity (Wildman–Crippen MR) is 66.3 cm³/mol. The Kier molecular flexibility index (Phi) is 10.1. The lowest BCUT2D eigenvalue weighted by Gasteiger charge is -2.28. The number of aliphatic carboxylic acids is 1. The molecule has 0 heterocycles. The molecule has 1 atom stereocenters. The Bertz CT molecular complexity index is 199. The molecule has 0 rings (SSSR count). The molecule has 0 aliphatic carbocycles. The van der Waals surface area contributed by atoms with Crippen molar-refractivity contribution in [1.29, 1.82) is 0 Å². The lowest BCUT2D eigenvalue weighted by atomic mass is 10.2. The van der Waals surface area contributed by atoms with E-state index in [4.69, 9.17) is 14.6 Å². The van der Waals surface area contributed by atoms with E-state index < -0.39 is 5.97 Å². The molecule has 1 unspecified atom stereocenters. The van der Waals surface area contributed by atoms with E-state index in [2.05, 4.69) is 11.8 Å². The van der Waals surface area contributed by atoms with Gasteiger partial charge in [0.15, 0.2) is 0 Å². The molecule has 0 aliphatic heterocycles. The Morgan fingerprint density at radius 2 is 1.94 bits per heavy atom. The van der Waals surface area contributed by atoms with Crippen molar-refractivity contribution in [2.24, 2.45) is 0 Å². The summed E-state index contributed by atoms with van der Waals surface area (Å²) >= 11 is 0. The van der Waals surface area contributed by atoms with Crippen LogP contribution in [0.25, 0.3) is 0 Å². The van der Waals surface area contributed by atoms with Crippen molar-refractivity contribution in [2.45, 2.75) is 32.2 Å². The number of hydrogen-bond acceptors (Lipinski definition) is 4. The van der Waals surface area contributed by atoms with Crippen molar-refractivity contribution >= 4 is 5.97 Å². The minimum absolute atomic E-state index is 0.247. The van der Waals surface area contributed by atoms with Gasteiger partial charge in [-0.2, -0.15) is 0 Å². The maximum atomic E-state index is 10.4. The van der Waals surface area contributed by atoms with Gasteiger partial charge in [-0.1, -0.05) is 0 Å². The summed E-state index contributed by atoms with van der Waals surface area (Å²) < 4.78 is 10.2. The highest BCUT2D eigenvalue weighted by Gasteiger charge is 2.13. The fraction of sp³-hybridized carbons (Fsp3) is 0.917. The summed E-state index contributed by atoms with van der Waals surface area (Å²) in [6, 6.07) is 0.333. The Hall–Kier alpha value is -0.650. The fourth-order valence-corrected chi connectivity index (χ4v) is 1.70. The van der Waals surface area contributed by atoms with Crippen molar-refractivity contribution < 1.29 is 19.4 Å². The molecular formula is C12H25NO4. The van der Waals surface area contributed by atoms with Gasteiger partial charge in [-0.25, -0.2) is 0 Å². The molecule has 102 valence electrons. The lowest BCUT2D eigenvalue weighted by molar-refractivity contribution is -0.137. The number of methoxy groups -OCH3 is 2. The summed E-state index contributed by atoms with van der Waals surface area (Å²) in [5.41, 5.74) is 0. The molecule has 0 aromatic heterocycles. The zero-order chi connectivity index (χ0) is 13.1. The SMILES string of the molecule is COCCN(CCCCC(=O)O)C(C)COC. The summed E-state index contributed by atoms with van der Waals surface area (Å²) in [4.78, 5) is 12.7. The van der Waals surface area contributed by atoms with Crippen LogP contribution >= 0.6 is 0 Å². The first kappa shape index (κ1) is 16.4. The normalized spacial score (nSPS) is 12.9. The molecule has 0 spiro atoms. The van der Waals surface area contributed by atoms with Crippen LogP contribution in [0.2, 0.25) is 0 Å². The molecule has 0 amide bonds. The van der Waals surface area contributed by atoms with Crippen LogP contribution in [0.4, 0.5) is 0 Å². The van der Waals surface area contributed by atoms with Crippen molar-refractivity contribution in [3.8, 4) is 0 Å². The second-order valence-corrected chi connectivity index (χ2v) is 4.18. The van der Waals surface area contributed by atoms with Crippen molar-refractivity contribution in [2.75, 3.05) is 40.5 Å². The summed E-state index contributed by atoms with van der Waals surface area (Å²) in [5, 5.41) is 8.56. The molecule has 0 saturated carbocycles. The summed E-state index contributed by atoms with van der Waals surface area (Å²) in [5.74, 6) is -0.724. The third-order valence-electron chi connectivity index (χ3n) is 2.70. The topological polar surface area (TPSA) is 59.0 Å². The molecule has 1 N–H and O–H groups in total. The van der Waals surface area contributed by atoms with Crippen LogP contribution in [0, 0.1) is 0 Å². The maximum Gasteiger partial charge on any atom is 0.303 e. The molecule has 0 aromatic carbocycles. The van der Waals surface area contributed by atoms with E-state index in [0.29, 0.717) is 19.3 Å². The van der Waals surface area contributed by atoms with E-state index in [9.17, 15) is 4.79 Å². The Morgan fingerprint density at radius 3 is 2.47 bits per heavy atom. The number of unbranched alkanes of at least 4 members (excludes halogenated alkanes) is 1. The first-order valence-electron chi connectivity index (χ1n) is 6.05. The second kappa shape index (κ2) is 10.5. The summed E-state index contributed by atoms with van der Waals surface area (Å²) in [6.07, 6.45) is 1.86. The van der Waals surface area contributed by atoms with Gasteiger partial charge < -0.3 is 14.6 Å². The first-order valence-corrected chi connectivity index (χ1v) is 6.05. The highest BCUT2D eigenvalue weighted by atomic mass is 16.5. The maximum absolute atomic E-state index is 10.4. The van der Waals surface area contributed by atoms with Crippen LogP contribution in [0.5, 0.6) is 0 Å². The monoisotopic (exact) mass is 247 g/mol. The Labute approximate surface area is 104 Å². The van der Waals surface area contributed by atoms with Gasteiger partial charge in [0.25, 0.3) is 0 Å². The molecule has 0 radical (unpaired) electrons. The fourth-order valence-electron chi connectivity index (χ4n) is 1.70. The van der Waals surface area contributed by atoms with Gasteiger partial charge in [-0.05, 0) is 26.3 Å². The average molecular weight is 247 g/mol. The van der Waals surface area contributed by atoms with E-state index in [0.717, 1.165) is 25.9 Å². The van der Waals surface area contributed by atoms with Crippen LogP contribution in [0.3, 0.4) is 0 Å². The summed E-state index contributed by atoms with van der Waals surface area (Å²) in [7, 11) is 3.37. The zero-order valence-electron chi connectivity index (χ0n) is 11.1. The largest absolute Gasteiger partial charge is 0.481 e. The molecule has 0 saturated heterocycles. The van der Waals surface area contributed by atoms with Crippen molar-refractivity contribution in [3.05, 3.63) is 0 Å². The van der Waals surface area contributed by atoms with E-state index in [-0.39, 0.29) is 6.42 Å². The van der Waals surface area contributed by atoms with Crippen LogP contribution in [-0.2, 0) is 14.3 Å². The number of carboxylic acid groups (broad SMARTS) is 1. The number of rotatable bonds is 11. The molecule has 17 heavy (non-hydrogen) atoms. The van der Waals surface area contributed by atoms with Crippen LogP contribution in [0.15, 0.2) is 0 Å². The Morgan fingerprint density at radius 1 is 1.24 bits per heavy atom. The van der Waals surface area contributed by atoms with E-state index in [1.165, 1.54) is 0 Å². The number of nitrogens with zero attached hydrogens (tertiary/aromatic N) is 1. The minimum Gasteiger partial charge on any atom is -0.481 e. The lowest BCUT2D eigenvalue weighted by Crippen LogP contribution is -2.39. The number of carbonyl (C=O) groups is 1. The molecular weight excluding hydrogens is 222 g/mol. The standard InChI is InChI=1S/C12H25NO4/c1-11(10-17-3)13(8-9-16-2)7-5-4-6-12(14)15/h11H,4-10H2,1-3H3,(H,14,15). The van der Waals surface area contributed by atoms with Crippen LogP contribution in [-0.4, -0.2) is 62.5 Å². The van der Waals surface area contributed by atoms with Gasteiger partial charge in [-0.15, -0.1) is 0 Å². The van der Waals surface area contributed by atoms with Crippen molar-refractivity contribution in [3.63, 3.8) is 0 Å². The highest BCUT2D eigenvalue weighted by molar-refractivity contribution is 5.66. The second-order valence-electron chi connectivity index (χ2n) is 4.18. The summed E-state index contributed by atoms with van der Waals surface area (Å²) in [6.45, 7) is 5.22. The molecule has 0 bridgehead atoms. The smallest absolute Gasteiger partial charge is 0.303 e. The highest BCUT2D eigenvalue weighted by Crippen LogP contribution is 2.04. The predicted octanol–water partition coefficient (Wildman–Crippen LogP) is 1.22. The average Bonchev–Trinajstić information content (AvgIpc) is 2.28. The third-order valence-corrected chi connectivity index (χ3v) is 2.70. The Balaban J connectivity index is 3.87. The number of ether oxygens (including phenoxy) is 2. The van der Waals surface area contributed by atoms with Crippen LogP contribution in [0.1, 0.15) is 26.2 Å². The van der Waals surface area contributed by atoms with E-state index in [1.54, 1.807) is 14.2 Å². The van der Waals surface area contributed by atoms with Crippen LogP contribution < -0.4 is 0 Å². The quantitative estimate of drug-likeness (QED) is 0.556. The van der Waals surface area contributed by atoms with E-state index in [1.807, 2.05) is 0 Å². The van der Waals surface area contributed by atoms with Gasteiger partial charge >= 0.3 is 5.97 Å². The van der Waals surface area contributed by atoms with E-state index >= 15 is 0 Å². The van der Waals surface area contributed by atoms with Gasteiger partial charge in [0, 0.05) is 33.2 Å². The molecule has 5 heteroatoms.